The Balaban J connectivity index is 1.72. The highest BCUT2D eigenvalue weighted by Gasteiger charge is 2.26. The van der Waals surface area contributed by atoms with E-state index in [2.05, 4.69) is 21.0 Å². The summed E-state index contributed by atoms with van der Waals surface area (Å²) in [6, 6.07) is 14.5. The van der Waals surface area contributed by atoms with E-state index in [4.69, 9.17) is 4.74 Å². The Kier molecular flexibility index (Phi) is 6.66. The Labute approximate surface area is 165 Å². The summed E-state index contributed by atoms with van der Waals surface area (Å²) in [7, 11) is 3.00. The molecule has 0 radical (unpaired) electrons. The molecule has 1 aliphatic rings. The van der Waals surface area contributed by atoms with Crippen LogP contribution in [0.4, 0.5) is 0 Å². The highest BCUT2D eigenvalue weighted by atomic mass is 16.5. The summed E-state index contributed by atoms with van der Waals surface area (Å²) in [4.78, 5) is 26.5. The molecule has 1 fully saturated rings. The highest BCUT2D eigenvalue weighted by Crippen LogP contribution is 2.31. The van der Waals surface area contributed by atoms with Crippen molar-refractivity contribution in [3.8, 4) is 5.75 Å². The van der Waals surface area contributed by atoms with Gasteiger partial charge < -0.3 is 14.8 Å². The fourth-order valence-corrected chi connectivity index (χ4v) is 3.60. The van der Waals surface area contributed by atoms with Crippen molar-refractivity contribution in [3.05, 3.63) is 65.2 Å². The summed E-state index contributed by atoms with van der Waals surface area (Å²) >= 11 is 0. The number of nitrogens with zero attached hydrogens (tertiary/aromatic N) is 1. The van der Waals surface area contributed by atoms with Crippen molar-refractivity contribution in [2.75, 3.05) is 33.9 Å². The zero-order valence-corrected chi connectivity index (χ0v) is 16.3. The number of hydrogen-bond acceptors (Lipinski definition) is 5. The van der Waals surface area contributed by atoms with Crippen LogP contribution in [0.5, 0.6) is 5.75 Å². The maximum Gasteiger partial charge on any atom is 0.337 e. The summed E-state index contributed by atoms with van der Waals surface area (Å²) in [6.45, 7) is 2.50. The normalized spacial score (nSPS) is 15.1. The van der Waals surface area contributed by atoms with Gasteiger partial charge >= 0.3 is 5.97 Å². The third kappa shape index (κ3) is 4.51. The molecule has 0 bridgehead atoms. The summed E-state index contributed by atoms with van der Waals surface area (Å²) < 4.78 is 10.2. The summed E-state index contributed by atoms with van der Waals surface area (Å²) in [6.07, 6.45) is 2.32. The molecule has 28 heavy (non-hydrogen) atoms. The van der Waals surface area contributed by atoms with Crippen molar-refractivity contribution in [2.24, 2.45) is 0 Å². The zero-order valence-electron chi connectivity index (χ0n) is 16.3. The highest BCUT2D eigenvalue weighted by molar-refractivity contribution is 5.96. The molecule has 0 spiro atoms. The molecule has 2 aromatic rings. The van der Waals surface area contributed by atoms with Crippen molar-refractivity contribution >= 4 is 11.9 Å². The Hall–Kier alpha value is -2.86. The van der Waals surface area contributed by atoms with E-state index in [0.29, 0.717) is 17.7 Å². The number of rotatable bonds is 7. The van der Waals surface area contributed by atoms with Crippen LogP contribution in [0.2, 0.25) is 0 Å². The molecular weight excluding hydrogens is 356 g/mol. The van der Waals surface area contributed by atoms with Gasteiger partial charge in [-0.3, -0.25) is 9.69 Å². The zero-order chi connectivity index (χ0) is 19.9. The van der Waals surface area contributed by atoms with E-state index in [0.717, 1.165) is 37.2 Å². The maximum absolute atomic E-state index is 12.6. The molecule has 1 amide bonds. The van der Waals surface area contributed by atoms with E-state index in [9.17, 15) is 9.59 Å². The molecule has 1 aliphatic heterocycles. The van der Waals surface area contributed by atoms with Crippen molar-refractivity contribution in [1.82, 2.24) is 10.2 Å². The van der Waals surface area contributed by atoms with Gasteiger partial charge in [0.2, 0.25) is 0 Å². The standard InChI is InChI=1S/C22H26N2O4/c1-27-20-8-4-3-7-18(20)19(24-13-5-6-14-24)15-23-21(25)16-9-11-17(12-10-16)22(26)28-2/h3-4,7-12,19H,5-6,13-15H2,1-2H3,(H,23,25). The third-order valence-corrected chi connectivity index (χ3v) is 5.10. The predicted molar refractivity (Wildman–Crippen MR) is 107 cm³/mol. The third-order valence-electron chi connectivity index (χ3n) is 5.10. The minimum absolute atomic E-state index is 0.0527. The van der Waals surface area contributed by atoms with Crippen molar-refractivity contribution in [1.29, 1.82) is 0 Å². The number of hydrogen-bond donors (Lipinski definition) is 1. The second-order valence-corrected chi connectivity index (χ2v) is 6.78. The number of carbonyl (C=O) groups excluding carboxylic acids is 2. The van der Waals surface area contributed by atoms with Gasteiger partial charge in [0.15, 0.2) is 0 Å². The van der Waals surface area contributed by atoms with Gasteiger partial charge in [-0.25, -0.2) is 4.79 Å². The lowest BCUT2D eigenvalue weighted by Gasteiger charge is -2.29. The van der Waals surface area contributed by atoms with Gasteiger partial charge in [-0.2, -0.15) is 0 Å². The van der Waals surface area contributed by atoms with Crippen LogP contribution in [-0.4, -0.2) is 50.6 Å². The Bertz CT molecular complexity index is 814. The molecule has 1 heterocycles. The lowest BCUT2D eigenvalue weighted by Crippen LogP contribution is -2.37. The number of ether oxygens (including phenoxy) is 2. The van der Waals surface area contributed by atoms with Crippen LogP contribution in [0.1, 0.15) is 45.2 Å². The first-order chi connectivity index (χ1) is 13.6. The molecule has 1 saturated heterocycles. The first kappa shape index (κ1) is 19.9. The van der Waals surface area contributed by atoms with Gasteiger partial charge in [0.05, 0.1) is 25.8 Å². The van der Waals surface area contributed by atoms with Crippen LogP contribution >= 0.6 is 0 Å². The minimum Gasteiger partial charge on any atom is -0.496 e. The second kappa shape index (κ2) is 9.37. The van der Waals surface area contributed by atoms with Crippen molar-refractivity contribution in [3.63, 3.8) is 0 Å². The summed E-state index contributed by atoms with van der Waals surface area (Å²) in [5, 5.41) is 3.04. The number of nitrogens with one attached hydrogen (secondary N) is 1. The topological polar surface area (TPSA) is 67.9 Å². The molecular formula is C22H26N2O4. The Morgan fingerprint density at radius 1 is 1.00 bits per heavy atom. The van der Waals surface area contributed by atoms with Crippen LogP contribution < -0.4 is 10.1 Å². The van der Waals surface area contributed by atoms with Crippen molar-refractivity contribution < 1.29 is 19.1 Å². The number of para-hydroxylation sites is 1. The SMILES string of the molecule is COC(=O)c1ccc(C(=O)NCC(c2ccccc2OC)N2CCCC2)cc1. The molecule has 6 nitrogen and oxygen atoms in total. The first-order valence-corrected chi connectivity index (χ1v) is 9.47. The number of esters is 1. The summed E-state index contributed by atoms with van der Waals surface area (Å²) in [5.74, 6) is 0.240. The minimum atomic E-state index is -0.419. The van der Waals surface area contributed by atoms with Gasteiger partial charge in [0.1, 0.15) is 5.75 Å². The smallest absolute Gasteiger partial charge is 0.337 e. The largest absolute Gasteiger partial charge is 0.496 e. The quantitative estimate of drug-likeness (QED) is 0.746. The lowest BCUT2D eigenvalue weighted by molar-refractivity contribution is 0.0600. The first-order valence-electron chi connectivity index (χ1n) is 9.47. The van der Waals surface area contributed by atoms with Crippen LogP contribution in [0.3, 0.4) is 0 Å². The average molecular weight is 382 g/mol. The van der Waals surface area contributed by atoms with Crippen LogP contribution in [0.15, 0.2) is 48.5 Å². The van der Waals surface area contributed by atoms with E-state index in [1.807, 2.05) is 18.2 Å². The molecule has 2 aromatic carbocycles. The molecule has 6 heteroatoms. The molecule has 0 aromatic heterocycles. The second-order valence-electron chi connectivity index (χ2n) is 6.78. The molecule has 148 valence electrons. The molecule has 1 atom stereocenters. The van der Waals surface area contributed by atoms with E-state index >= 15 is 0 Å². The molecule has 1 unspecified atom stereocenters. The van der Waals surface area contributed by atoms with Gasteiger partial charge in [-0.15, -0.1) is 0 Å². The van der Waals surface area contributed by atoms with E-state index in [1.54, 1.807) is 31.4 Å². The van der Waals surface area contributed by atoms with Crippen molar-refractivity contribution in [2.45, 2.75) is 18.9 Å². The number of likely N-dealkylation sites (tertiary alicyclic amines) is 1. The number of amides is 1. The summed E-state index contributed by atoms with van der Waals surface area (Å²) in [5.41, 5.74) is 2.00. The maximum atomic E-state index is 12.6. The van der Waals surface area contributed by atoms with Gasteiger partial charge in [0, 0.05) is 17.7 Å². The molecule has 1 N–H and O–H groups in total. The van der Waals surface area contributed by atoms with E-state index < -0.39 is 5.97 Å². The molecule has 0 saturated carbocycles. The number of benzene rings is 2. The Morgan fingerprint density at radius 3 is 2.29 bits per heavy atom. The fraction of sp³-hybridized carbons (Fsp3) is 0.364. The molecule has 0 aliphatic carbocycles. The lowest BCUT2D eigenvalue weighted by atomic mass is 10.0. The average Bonchev–Trinajstić information content (AvgIpc) is 3.28. The predicted octanol–water partition coefficient (Wildman–Crippen LogP) is 3.05. The molecule has 3 rings (SSSR count). The van der Waals surface area contributed by atoms with Gasteiger partial charge in [-0.05, 0) is 56.3 Å². The number of carbonyl (C=O) groups is 2. The van der Waals surface area contributed by atoms with Gasteiger partial charge in [0.25, 0.3) is 5.91 Å². The van der Waals surface area contributed by atoms with E-state index in [1.165, 1.54) is 7.11 Å². The number of methoxy groups -OCH3 is 2. The fourth-order valence-electron chi connectivity index (χ4n) is 3.60. The Morgan fingerprint density at radius 2 is 1.64 bits per heavy atom. The van der Waals surface area contributed by atoms with E-state index in [-0.39, 0.29) is 11.9 Å². The van der Waals surface area contributed by atoms with Crippen LogP contribution in [-0.2, 0) is 4.74 Å². The van der Waals surface area contributed by atoms with Crippen LogP contribution in [0, 0.1) is 0 Å². The van der Waals surface area contributed by atoms with Crippen LogP contribution in [0.25, 0.3) is 0 Å². The monoisotopic (exact) mass is 382 g/mol. The van der Waals surface area contributed by atoms with Gasteiger partial charge in [-0.1, -0.05) is 18.2 Å².